The van der Waals surface area contributed by atoms with Crippen LogP contribution in [-0.4, -0.2) is 16.6 Å². The van der Waals surface area contributed by atoms with Crippen molar-refractivity contribution in [2.75, 3.05) is 0 Å². The lowest BCUT2D eigenvalue weighted by molar-refractivity contribution is 0.0977. The van der Waals surface area contributed by atoms with Crippen molar-refractivity contribution < 1.29 is 9.59 Å². The molecule has 2 aliphatic carbocycles. The molecule has 0 amide bonds. The summed E-state index contributed by atoms with van der Waals surface area (Å²) in [5.41, 5.74) is 4.87. The number of fused-ring (bicyclic) bond motifs is 4. The average Bonchev–Trinajstić information content (AvgIpc) is 2.91. The molecule has 4 rings (SSSR count). The summed E-state index contributed by atoms with van der Waals surface area (Å²) in [4.78, 5) is 30.0. The van der Waals surface area contributed by atoms with Gasteiger partial charge in [-0.1, -0.05) is 24.3 Å². The van der Waals surface area contributed by atoms with Gasteiger partial charge in [0.05, 0.1) is 5.56 Å². The van der Waals surface area contributed by atoms with Crippen LogP contribution in [0.3, 0.4) is 0 Å². The van der Waals surface area contributed by atoms with Gasteiger partial charge in [-0.2, -0.15) is 0 Å². The van der Waals surface area contributed by atoms with E-state index in [0.717, 1.165) is 30.5 Å². The number of benzene rings is 1. The van der Waals surface area contributed by atoms with Gasteiger partial charge in [0.2, 0.25) is 0 Å². The van der Waals surface area contributed by atoms with Crippen molar-refractivity contribution in [2.45, 2.75) is 26.2 Å². The molecule has 0 N–H and O–H groups in total. The summed E-state index contributed by atoms with van der Waals surface area (Å²) in [6.45, 7) is 1.83. The highest BCUT2D eigenvalue weighted by atomic mass is 16.1. The third-order valence-corrected chi connectivity index (χ3v) is 4.28. The summed E-state index contributed by atoms with van der Waals surface area (Å²) in [7, 11) is 0. The van der Waals surface area contributed by atoms with Gasteiger partial charge in [0, 0.05) is 28.1 Å². The number of carbonyl (C=O) groups is 2. The summed E-state index contributed by atoms with van der Waals surface area (Å²) in [6, 6.07) is 7.08. The number of pyridine rings is 1. The predicted octanol–water partition coefficient (Wildman–Crippen LogP) is 2.65. The topological polar surface area (TPSA) is 47.0 Å². The Kier molecular flexibility index (Phi) is 2.22. The van der Waals surface area contributed by atoms with Crippen molar-refractivity contribution >= 4 is 11.6 Å². The fraction of sp³-hybridized carbons (Fsp3) is 0.235. The Bertz CT molecular complexity index is 790. The molecule has 20 heavy (non-hydrogen) atoms. The lowest BCUT2D eigenvalue weighted by atomic mass is 9.81. The molecule has 1 aromatic heterocycles. The fourth-order valence-electron chi connectivity index (χ4n) is 3.39. The van der Waals surface area contributed by atoms with E-state index < -0.39 is 0 Å². The molecule has 0 saturated carbocycles. The molecule has 0 fully saturated rings. The number of ketones is 2. The molecule has 0 saturated heterocycles. The Labute approximate surface area is 116 Å². The molecule has 1 heterocycles. The van der Waals surface area contributed by atoms with Crippen molar-refractivity contribution in [2.24, 2.45) is 0 Å². The lowest BCUT2D eigenvalue weighted by Gasteiger charge is -2.21. The van der Waals surface area contributed by atoms with Crippen LogP contribution >= 0.6 is 0 Å². The standard InChI is InChI=1S/C17H13NO2/c1-9-14-15(12-7-4-8-13(12)18-9)17(20)11-6-3-2-5-10(11)16(14)19/h2-3,5-6H,4,7-8H2,1H3. The van der Waals surface area contributed by atoms with Gasteiger partial charge in [0.1, 0.15) is 0 Å². The van der Waals surface area contributed by atoms with Crippen LogP contribution in [0.2, 0.25) is 0 Å². The SMILES string of the molecule is Cc1nc2c(c3c1C(=O)c1ccccc1C3=O)CCC2. The van der Waals surface area contributed by atoms with Crippen LogP contribution in [0, 0.1) is 6.92 Å². The first kappa shape index (κ1) is 11.5. The van der Waals surface area contributed by atoms with Gasteiger partial charge in [0.15, 0.2) is 11.6 Å². The number of hydrogen-bond acceptors (Lipinski definition) is 3. The first-order valence-corrected chi connectivity index (χ1v) is 6.89. The third kappa shape index (κ3) is 1.32. The molecule has 0 atom stereocenters. The van der Waals surface area contributed by atoms with E-state index in [0.29, 0.717) is 27.9 Å². The smallest absolute Gasteiger partial charge is 0.196 e. The van der Waals surface area contributed by atoms with E-state index in [2.05, 4.69) is 4.98 Å². The average molecular weight is 263 g/mol. The number of aromatic nitrogens is 1. The maximum Gasteiger partial charge on any atom is 0.196 e. The molecule has 98 valence electrons. The lowest BCUT2D eigenvalue weighted by Crippen LogP contribution is -2.24. The van der Waals surface area contributed by atoms with Crippen LogP contribution < -0.4 is 0 Å². The Hall–Kier alpha value is -2.29. The summed E-state index contributed by atoms with van der Waals surface area (Å²) in [5, 5.41) is 0. The maximum absolute atomic E-state index is 12.8. The molecule has 1 aromatic carbocycles. The van der Waals surface area contributed by atoms with E-state index in [-0.39, 0.29) is 11.6 Å². The largest absolute Gasteiger partial charge is 0.289 e. The zero-order valence-electron chi connectivity index (χ0n) is 11.2. The van der Waals surface area contributed by atoms with Gasteiger partial charge >= 0.3 is 0 Å². The number of nitrogens with zero attached hydrogens (tertiary/aromatic N) is 1. The second kappa shape index (κ2) is 3.85. The first-order chi connectivity index (χ1) is 9.68. The molecule has 2 aliphatic rings. The van der Waals surface area contributed by atoms with Crippen LogP contribution in [0.1, 0.15) is 55.2 Å². The predicted molar refractivity (Wildman–Crippen MR) is 74.3 cm³/mol. The number of carbonyl (C=O) groups excluding carboxylic acids is 2. The molecular formula is C17H13NO2. The van der Waals surface area contributed by atoms with E-state index in [9.17, 15) is 9.59 Å². The van der Waals surface area contributed by atoms with Crippen molar-refractivity contribution in [3.05, 3.63) is 63.5 Å². The van der Waals surface area contributed by atoms with E-state index in [1.165, 1.54) is 0 Å². The van der Waals surface area contributed by atoms with Crippen LogP contribution in [0.4, 0.5) is 0 Å². The Balaban J connectivity index is 2.10. The molecule has 0 bridgehead atoms. The highest BCUT2D eigenvalue weighted by Gasteiger charge is 2.35. The van der Waals surface area contributed by atoms with Crippen molar-refractivity contribution in [3.63, 3.8) is 0 Å². The zero-order valence-corrected chi connectivity index (χ0v) is 11.2. The molecule has 0 aliphatic heterocycles. The van der Waals surface area contributed by atoms with Crippen molar-refractivity contribution in [3.8, 4) is 0 Å². The van der Waals surface area contributed by atoms with Crippen LogP contribution in [-0.2, 0) is 12.8 Å². The van der Waals surface area contributed by atoms with E-state index in [1.807, 2.05) is 13.0 Å². The van der Waals surface area contributed by atoms with Gasteiger partial charge in [0.25, 0.3) is 0 Å². The molecule has 3 nitrogen and oxygen atoms in total. The summed E-state index contributed by atoms with van der Waals surface area (Å²) in [5.74, 6) is -0.0752. The maximum atomic E-state index is 12.8. The number of aryl methyl sites for hydroxylation is 2. The second-order valence-corrected chi connectivity index (χ2v) is 5.43. The second-order valence-electron chi connectivity index (χ2n) is 5.43. The summed E-state index contributed by atoms with van der Waals surface area (Å²) >= 11 is 0. The molecular weight excluding hydrogens is 250 g/mol. The monoisotopic (exact) mass is 263 g/mol. The first-order valence-electron chi connectivity index (χ1n) is 6.89. The van der Waals surface area contributed by atoms with Gasteiger partial charge in [-0.15, -0.1) is 0 Å². The van der Waals surface area contributed by atoms with E-state index in [4.69, 9.17) is 0 Å². The highest BCUT2D eigenvalue weighted by Crippen LogP contribution is 2.35. The van der Waals surface area contributed by atoms with Gasteiger partial charge in [-0.3, -0.25) is 14.6 Å². The normalized spacial score (nSPS) is 15.8. The Morgan fingerprint density at radius 2 is 1.60 bits per heavy atom. The summed E-state index contributed by atoms with van der Waals surface area (Å²) < 4.78 is 0. The minimum absolute atomic E-state index is 0.0150. The quantitative estimate of drug-likeness (QED) is 0.626. The molecule has 2 aromatic rings. The zero-order chi connectivity index (χ0) is 13.9. The van der Waals surface area contributed by atoms with Crippen molar-refractivity contribution in [1.29, 1.82) is 0 Å². The molecule has 0 radical (unpaired) electrons. The minimum atomic E-state index is -0.0603. The van der Waals surface area contributed by atoms with Crippen LogP contribution in [0.25, 0.3) is 0 Å². The van der Waals surface area contributed by atoms with Crippen molar-refractivity contribution in [1.82, 2.24) is 4.98 Å². The highest BCUT2D eigenvalue weighted by molar-refractivity contribution is 6.29. The Morgan fingerprint density at radius 1 is 0.950 bits per heavy atom. The minimum Gasteiger partial charge on any atom is -0.289 e. The number of rotatable bonds is 0. The van der Waals surface area contributed by atoms with E-state index >= 15 is 0 Å². The number of hydrogen-bond donors (Lipinski definition) is 0. The summed E-state index contributed by atoms with van der Waals surface area (Å²) in [6.07, 6.45) is 2.78. The van der Waals surface area contributed by atoms with Crippen LogP contribution in [0.5, 0.6) is 0 Å². The van der Waals surface area contributed by atoms with Gasteiger partial charge < -0.3 is 0 Å². The Morgan fingerprint density at radius 3 is 2.30 bits per heavy atom. The van der Waals surface area contributed by atoms with Gasteiger partial charge in [-0.05, 0) is 31.7 Å². The van der Waals surface area contributed by atoms with Crippen LogP contribution in [0.15, 0.2) is 24.3 Å². The fourth-order valence-corrected chi connectivity index (χ4v) is 3.39. The molecule has 3 heteroatoms. The van der Waals surface area contributed by atoms with E-state index in [1.54, 1.807) is 18.2 Å². The molecule has 0 spiro atoms. The van der Waals surface area contributed by atoms with Gasteiger partial charge in [-0.25, -0.2) is 0 Å². The third-order valence-electron chi connectivity index (χ3n) is 4.28. The molecule has 0 unspecified atom stereocenters.